The molecule has 3 rings (SSSR count). The Labute approximate surface area is 178 Å². The van der Waals surface area contributed by atoms with Crippen LogP contribution in [0.5, 0.6) is 0 Å². The Hall–Kier alpha value is -3.33. The molecule has 152 valence electrons. The maximum atomic E-state index is 10.9. The lowest BCUT2D eigenvalue weighted by Gasteiger charge is -2.40. The zero-order chi connectivity index (χ0) is 21.6. The molecule has 5 heteroatoms. The van der Waals surface area contributed by atoms with Crippen molar-refractivity contribution in [2.24, 2.45) is 11.3 Å². The van der Waals surface area contributed by atoms with E-state index in [1.807, 2.05) is 24.3 Å². The second kappa shape index (κ2) is 9.45. The second-order valence-corrected chi connectivity index (χ2v) is 7.72. The summed E-state index contributed by atoms with van der Waals surface area (Å²) in [7, 11) is 0. The van der Waals surface area contributed by atoms with Gasteiger partial charge >= 0.3 is 5.97 Å². The number of nitriles is 2. The molecule has 2 bridgehead atoms. The lowest BCUT2D eigenvalue weighted by Crippen LogP contribution is -2.45. The number of hydrogen-bond acceptors (Lipinski definition) is 5. The predicted molar refractivity (Wildman–Crippen MR) is 114 cm³/mol. The molecule has 1 fully saturated rings. The van der Waals surface area contributed by atoms with Crippen molar-refractivity contribution in [3.05, 3.63) is 60.2 Å². The number of carbonyl (C=O) groups excluding carboxylic acids is 1. The lowest BCUT2D eigenvalue weighted by molar-refractivity contribution is -0.139. The van der Waals surface area contributed by atoms with Gasteiger partial charge in [-0.3, -0.25) is 4.79 Å². The van der Waals surface area contributed by atoms with Crippen LogP contribution in [0.25, 0.3) is 0 Å². The number of allylic oxidation sites excluding steroid dienone is 1. The van der Waals surface area contributed by atoms with Crippen molar-refractivity contribution in [3.63, 3.8) is 0 Å². The Balaban J connectivity index is 1.98. The van der Waals surface area contributed by atoms with Crippen molar-refractivity contribution in [2.45, 2.75) is 44.2 Å². The Morgan fingerprint density at radius 2 is 2.03 bits per heavy atom. The average molecular weight is 399 g/mol. The minimum Gasteiger partial charge on any atom is -0.453 e. The van der Waals surface area contributed by atoms with Gasteiger partial charge in [-0.1, -0.05) is 54.3 Å². The molecule has 1 saturated heterocycles. The number of hydrogen-bond donors (Lipinski definition) is 1. The summed E-state index contributed by atoms with van der Waals surface area (Å²) >= 11 is 0. The molecule has 0 amide bonds. The number of rotatable bonds is 6. The van der Waals surface area contributed by atoms with Crippen molar-refractivity contribution in [3.8, 4) is 24.0 Å². The highest BCUT2D eigenvalue weighted by molar-refractivity contribution is 5.66. The van der Waals surface area contributed by atoms with E-state index in [9.17, 15) is 15.3 Å². The number of nitrogens with one attached hydrogen (secondary N) is 1. The van der Waals surface area contributed by atoms with E-state index in [0.717, 1.165) is 24.0 Å². The maximum absolute atomic E-state index is 10.9. The minimum atomic E-state index is -1.35. The first-order valence-electron chi connectivity index (χ1n) is 10.1. The van der Waals surface area contributed by atoms with Crippen molar-refractivity contribution in [1.82, 2.24) is 5.32 Å². The van der Waals surface area contributed by atoms with Gasteiger partial charge in [-0.2, -0.15) is 10.5 Å². The molecule has 1 unspecified atom stereocenters. The number of esters is 1. The van der Waals surface area contributed by atoms with Gasteiger partial charge in [-0.05, 0) is 24.0 Å². The SMILES string of the molecule is C=CC(c1ccccc1)[C@@H]1C(C(C#N)(C#N)CC#CCOC(C)=O)=C[C@H]2CC[C@@H]1N2. The molecule has 2 aliphatic heterocycles. The molecule has 0 aromatic heterocycles. The van der Waals surface area contributed by atoms with Gasteiger partial charge in [0.05, 0.1) is 12.1 Å². The number of ether oxygens (including phenoxy) is 1. The molecule has 1 aromatic carbocycles. The van der Waals surface area contributed by atoms with Crippen molar-refractivity contribution in [2.75, 3.05) is 6.61 Å². The first-order valence-corrected chi connectivity index (χ1v) is 10.1. The van der Waals surface area contributed by atoms with E-state index in [1.54, 1.807) is 0 Å². The van der Waals surface area contributed by atoms with E-state index in [1.165, 1.54) is 6.92 Å². The average Bonchev–Trinajstić information content (AvgIpc) is 3.15. The highest BCUT2D eigenvalue weighted by atomic mass is 16.5. The first kappa shape index (κ1) is 21.4. The molecule has 30 heavy (non-hydrogen) atoms. The topological polar surface area (TPSA) is 85.9 Å². The maximum Gasteiger partial charge on any atom is 0.303 e. The zero-order valence-corrected chi connectivity index (χ0v) is 17.1. The van der Waals surface area contributed by atoms with Gasteiger partial charge in [0.2, 0.25) is 0 Å². The smallest absolute Gasteiger partial charge is 0.303 e. The summed E-state index contributed by atoms with van der Waals surface area (Å²) < 4.78 is 4.83. The second-order valence-electron chi connectivity index (χ2n) is 7.72. The van der Waals surface area contributed by atoms with Gasteiger partial charge in [0.25, 0.3) is 0 Å². The first-order chi connectivity index (χ1) is 14.5. The van der Waals surface area contributed by atoms with Crippen LogP contribution in [0.4, 0.5) is 0 Å². The van der Waals surface area contributed by atoms with Crippen LogP contribution in [-0.2, 0) is 9.53 Å². The fraction of sp³-hybridized carbons (Fsp3) is 0.400. The van der Waals surface area contributed by atoms with E-state index < -0.39 is 11.4 Å². The van der Waals surface area contributed by atoms with Gasteiger partial charge in [0, 0.05) is 37.3 Å². The Morgan fingerprint density at radius 3 is 2.67 bits per heavy atom. The third-order valence-corrected chi connectivity index (χ3v) is 5.92. The number of fused-ring (bicyclic) bond motifs is 2. The largest absolute Gasteiger partial charge is 0.453 e. The highest BCUT2D eigenvalue weighted by Gasteiger charge is 2.48. The molecule has 0 radical (unpaired) electrons. The lowest BCUT2D eigenvalue weighted by atomic mass is 9.65. The van der Waals surface area contributed by atoms with Crippen LogP contribution in [0.15, 0.2) is 54.6 Å². The fourth-order valence-electron chi connectivity index (χ4n) is 4.51. The molecule has 5 nitrogen and oxygen atoms in total. The van der Waals surface area contributed by atoms with Crippen molar-refractivity contribution >= 4 is 5.97 Å². The van der Waals surface area contributed by atoms with Crippen LogP contribution in [0.2, 0.25) is 0 Å². The molecular weight excluding hydrogens is 374 g/mol. The predicted octanol–water partition coefficient (Wildman–Crippen LogP) is 3.62. The van der Waals surface area contributed by atoms with Gasteiger partial charge in [0.15, 0.2) is 12.0 Å². The summed E-state index contributed by atoms with van der Waals surface area (Å²) in [5.41, 5.74) is 0.586. The quantitative estimate of drug-likeness (QED) is 0.449. The summed E-state index contributed by atoms with van der Waals surface area (Å²) in [4.78, 5) is 10.9. The monoisotopic (exact) mass is 399 g/mol. The van der Waals surface area contributed by atoms with E-state index in [2.05, 4.69) is 54.1 Å². The number of carbonyl (C=O) groups is 1. The molecular formula is C25H25N3O2. The minimum absolute atomic E-state index is 0.0240. The Bertz CT molecular complexity index is 958. The van der Waals surface area contributed by atoms with E-state index >= 15 is 0 Å². The molecule has 4 atom stereocenters. The molecule has 2 aliphatic rings. The van der Waals surface area contributed by atoms with E-state index in [-0.39, 0.29) is 36.9 Å². The van der Waals surface area contributed by atoms with Gasteiger partial charge in [0.1, 0.15) is 0 Å². The Morgan fingerprint density at radius 1 is 1.30 bits per heavy atom. The highest BCUT2D eigenvalue weighted by Crippen LogP contribution is 2.48. The normalized spacial score (nSPS) is 23.0. The van der Waals surface area contributed by atoms with Crippen LogP contribution < -0.4 is 5.32 Å². The molecule has 1 aromatic rings. The number of benzene rings is 1. The third kappa shape index (κ3) is 4.30. The van der Waals surface area contributed by atoms with Crippen LogP contribution in [0.3, 0.4) is 0 Å². The van der Waals surface area contributed by atoms with Crippen molar-refractivity contribution in [1.29, 1.82) is 10.5 Å². The van der Waals surface area contributed by atoms with Crippen molar-refractivity contribution < 1.29 is 9.53 Å². The van der Waals surface area contributed by atoms with Gasteiger partial charge in [-0.25, -0.2) is 0 Å². The van der Waals surface area contributed by atoms with Gasteiger partial charge in [-0.15, -0.1) is 6.58 Å². The van der Waals surface area contributed by atoms with Crippen LogP contribution >= 0.6 is 0 Å². The summed E-state index contributed by atoms with van der Waals surface area (Å²) in [5.74, 6) is 5.15. The molecule has 1 N–H and O–H groups in total. The van der Waals surface area contributed by atoms with Crippen LogP contribution in [0, 0.1) is 45.8 Å². The summed E-state index contributed by atoms with van der Waals surface area (Å²) in [6.45, 7) is 5.34. The molecule has 0 saturated carbocycles. The summed E-state index contributed by atoms with van der Waals surface area (Å²) in [5, 5.41) is 23.8. The third-order valence-electron chi connectivity index (χ3n) is 5.92. The zero-order valence-electron chi connectivity index (χ0n) is 17.1. The van der Waals surface area contributed by atoms with Crippen LogP contribution in [0.1, 0.15) is 37.7 Å². The fourth-order valence-corrected chi connectivity index (χ4v) is 4.51. The number of nitrogens with zero attached hydrogens (tertiary/aromatic N) is 2. The van der Waals surface area contributed by atoms with Crippen LogP contribution in [-0.4, -0.2) is 24.7 Å². The molecule has 0 aliphatic carbocycles. The molecule has 0 spiro atoms. The Kier molecular flexibility index (Phi) is 6.73. The summed E-state index contributed by atoms with van der Waals surface area (Å²) in [6, 6.07) is 14.9. The summed E-state index contributed by atoms with van der Waals surface area (Å²) in [6.07, 6.45) is 6.02. The van der Waals surface area contributed by atoms with E-state index in [4.69, 9.17) is 4.74 Å². The van der Waals surface area contributed by atoms with Gasteiger partial charge < -0.3 is 10.1 Å². The van der Waals surface area contributed by atoms with E-state index in [0.29, 0.717) is 0 Å². The molecule has 2 heterocycles. The standard InChI is InChI=1S/C25H25N3O2/c1-3-21(19-9-5-4-6-10-19)24-22(15-20-11-12-23(24)28-20)25(16-26,17-27)13-7-8-14-30-18(2)29/h3-6,9-10,15,20-21,23-24,28H,1,11-14H2,2H3/t20-,21?,23+,24-/m1/s1.